The molecule has 0 atom stereocenters. The molecule has 0 saturated heterocycles. The van der Waals surface area contributed by atoms with Crippen molar-refractivity contribution in [3.05, 3.63) is 81.8 Å². The van der Waals surface area contributed by atoms with E-state index in [9.17, 15) is 9.59 Å². The summed E-state index contributed by atoms with van der Waals surface area (Å²) in [6.45, 7) is 3.79. The third-order valence-corrected chi connectivity index (χ3v) is 4.12. The molecule has 0 aliphatic heterocycles. The van der Waals surface area contributed by atoms with Gasteiger partial charge in [-0.3, -0.25) is 9.59 Å². The second-order valence-corrected chi connectivity index (χ2v) is 5.46. The smallest absolute Gasteiger partial charge is 0.200 e. The lowest BCUT2D eigenvalue weighted by Crippen LogP contribution is -2.18. The molecule has 0 bridgehead atoms. The Morgan fingerprint density at radius 1 is 0.818 bits per heavy atom. The fraction of sp³-hybridized carbons (Fsp3) is 0.158. The molecule has 0 unspecified atom stereocenters. The molecule has 0 N–H and O–H groups in total. The summed E-state index contributed by atoms with van der Waals surface area (Å²) in [5.74, 6) is -0.272. The highest BCUT2D eigenvalue weighted by atomic mass is 32.1. The second kappa shape index (κ2) is 7.23. The number of allylic oxidation sites excluding steroid dienone is 2. The summed E-state index contributed by atoms with van der Waals surface area (Å²) in [6.07, 6.45) is 1.14. The number of benzene rings is 2. The molecule has 2 aromatic carbocycles. The first-order valence-corrected chi connectivity index (χ1v) is 7.63. The predicted molar refractivity (Wildman–Crippen MR) is 92.6 cm³/mol. The van der Waals surface area contributed by atoms with Gasteiger partial charge in [0, 0.05) is 16.7 Å². The van der Waals surface area contributed by atoms with E-state index in [-0.39, 0.29) is 16.5 Å². The minimum absolute atomic E-state index is 0.106. The summed E-state index contributed by atoms with van der Waals surface area (Å²) in [5.41, 5.74) is 2.77. The monoisotopic (exact) mass is 310 g/mol. The second-order valence-electron chi connectivity index (χ2n) is 5.02. The van der Waals surface area contributed by atoms with Gasteiger partial charge in [-0.2, -0.15) is 0 Å². The number of aryl methyl sites for hydroxylation is 1. The van der Waals surface area contributed by atoms with Gasteiger partial charge in [0.05, 0.1) is 4.91 Å². The lowest BCUT2D eigenvalue weighted by molar-refractivity contribution is 0.0982. The Bertz CT molecular complexity index is 687. The van der Waals surface area contributed by atoms with Crippen molar-refractivity contribution in [2.45, 2.75) is 20.3 Å². The molecule has 1 aliphatic carbocycles. The van der Waals surface area contributed by atoms with Crippen LogP contribution in [-0.2, 0) is 6.42 Å². The highest BCUT2D eigenvalue weighted by Gasteiger charge is 2.27. The van der Waals surface area contributed by atoms with Gasteiger partial charge in [-0.15, -0.1) is 12.6 Å². The average molecular weight is 310 g/mol. The van der Waals surface area contributed by atoms with E-state index in [1.54, 1.807) is 31.2 Å². The Hall–Kier alpha value is -2.13. The SMILES string of the molecule is CC1=C(S)C(=O)c2ccccc2C1=O.CCc1ccccc1. The third-order valence-electron chi connectivity index (χ3n) is 3.58. The van der Waals surface area contributed by atoms with Gasteiger partial charge in [0.1, 0.15) is 0 Å². The van der Waals surface area contributed by atoms with Crippen LogP contribution in [0.4, 0.5) is 0 Å². The molecule has 0 aromatic heterocycles. The molecular formula is C19H18O2S. The van der Waals surface area contributed by atoms with Crippen LogP contribution >= 0.6 is 12.6 Å². The van der Waals surface area contributed by atoms with Crippen LogP contribution in [-0.4, -0.2) is 11.6 Å². The van der Waals surface area contributed by atoms with E-state index in [1.165, 1.54) is 5.56 Å². The molecule has 2 nitrogen and oxygen atoms in total. The van der Waals surface area contributed by atoms with Crippen molar-refractivity contribution in [2.75, 3.05) is 0 Å². The number of fused-ring (bicyclic) bond motifs is 1. The zero-order valence-electron chi connectivity index (χ0n) is 12.7. The molecule has 3 heteroatoms. The number of rotatable bonds is 1. The summed E-state index contributed by atoms with van der Waals surface area (Å²) in [6, 6.07) is 17.3. The first kappa shape index (κ1) is 16.2. The van der Waals surface area contributed by atoms with Crippen LogP contribution in [0.15, 0.2) is 65.1 Å². The van der Waals surface area contributed by atoms with E-state index in [0.29, 0.717) is 16.7 Å². The van der Waals surface area contributed by atoms with Crippen LogP contribution in [0.1, 0.15) is 40.1 Å². The average Bonchev–Trinajstić information content (AvgIpc) is 2.59. The quantitative estimate of drug-likeness (QED) is 0.786. The van der Waals surface area contributed by atoms with Gasteiger partial charge >= 0.3 is 0 Å². The van der Waals surface area contributed by atoms with E-state index >= 15 is 0 Å². The molecular weight excluding hydrogens is 292 g/mol. The van der Waals surface area contributed by atoms with Gasteiger partial charge in [0.15, 0.2) is 11.6 Å². The van der Waals surface area contributed by atoms with Crippen LogP contribution < -0.4 is 0 Å². The van der Waals surface area contributed by atoms with E-state index in [4.69, 9.17) is 0 Å². The summed E-state index contributed by atoms with van der Waals surface area (Å²) in [4.78, 5) is 23.7. The summed E-state index contributed by atoms with van der Waals surface area (Å²) >= 11 is 4.04. The largest absolute Gasteiger partial charge is 0.289 e. The maximum Gasteiger partial charge on any atom is 0.200 e. The molecule has 0 saturated carbocycles. The van der Waals surface area contributed by atoms with E-state index in [0.717, 1.165) is 6.42 Å². The van der Waals surface area contributed by atoms with Crippen molar-refractivity contribution >= 4 is 24.2 Å². The topological polar surface area (TPSA) is 34.1 Å². The fourth-order valence-corrected chi connectivity index (χ4v) is 2.42. The summed E-state index contributed by atoms with van der Waals surface area (Å²) in [5, 5.41) is 0. The van der Waals surface area contributed by atoms with Crippen LogP contribution in [0.3, 0.4) is 0 Å². The van der Waals surface area contributed by atoms with Crippen molar-refractivity contribution in [1.82, 2.24) is 0 Å². The molecule has 0 spiro atoms. The minimum Gasteiger partial charge on any atom is -0.289 e. The number of Topliss-reactive ketones (excluding diaryl/α,β-unsaturated/α-hetero) is 2. The van der Waals surface area contributed by atoms with Gasteiger partial charge in [-0.1, -0.05) is 61.5 Å². The number of thiol groups is 1. The van der Waals surface area contributed by atoms with Gasteiger partial charge in [-0.25, -0.2) is 0 Å². The maximum atomic E-state index is 11.7. The van der Waals surface area contributed by atoms with Crippen molar-refractivity contribution < 1.29 is 9.59 Å². The van der Waals surface area contributed by atoms with Crippen LogP contribution in [0.25, 0.3) is 0 Å². The number of carbonyl (C=O) groups is 2. The minimum atomic E-state index is -0.166. The Morgan fingerprint density at radius 2 is 1.32 bits per heavy atom. The standard InChI is InChI=1S/C11H8O2S.C8H10/c1-6-9(12)7-4-2-3-5-8(7)10(13)11(6)14;1-2-8-6-4-3-5-7-8/h2-5,14H,1H3;3-7H,2H2,1H3. The van der Waals surface area contributed by atoms with Crippen LogP contribution in [0.5, 0.6) is 0 Å². The first-order chi connectivity index (χ1) is 10.6. The number of ketones is 2. The summed E-state index contributed by atoms with van der Waals surface area (Å²) in [7, 11) is 0. The highest BCUT2D eigenvalue weighted by molar-refractivity contribution is 7.85. The zero-order chi connectivity index (χ0) is 16.1. The molecule has 1 aliphatic rings. The Morgan fingerprint density at radius 3 is 1.82 bits per heavy atom. The maximum absolute atomic E-state index is 11.7. The lowest BCUT2D eigenvalue weighted by atomic mass is 9.90. The van der Waals surface area contributed by atoms with Gasteiger partial charge in [-0.05, 0) is 18.9 Å². The number of carbonyl (C=O) groups excluding carboxylic acids is 2. The van der Waals surface area contributed by atoms with E-state index < -0.39 is 0 Å². The van der Waals surface area contributed by atoms with Gasteiger partial charge in [0.25, 0.3) is 0 Å². The molecule has 112 valence electrons. The molecule has 0 heterocycles. The van der Waals surface area contributed by atoms with Crippen molar-refractivity contribution in [2.24, 2.45) is 0 Å². The van der Waals surface area contributed by atoms with E-state index in [2.05, 4.69) is 43.8 Å². The van der Waals surface area contributed by atoms with E-state index in [1.807, 2.05) is 6.07 Å². The first-order valence-electron chi connectivity index (χ1n) is 7.18. The van der Waals surface area contributed by atoms with Crippen LogP contribution in [0.2, 0.25) is 0 Å². The third kappa shape index (κ3) is 3.37. The lowest BCUT2D eigenvalue weighted by Gasteiger charge is -2.15. The van der Waals surface area contributed by atoms with Crippen molar-refractivity contribution in [3.63, 3.8) is 0 Å². The fourth-order valence-electron chi connectivity index (χ4n) is 2.20. The molecule has 0 fully saturated rings. The Kier molecular flexibility index (Phi) is 5.34. The predicted octanol–water partition coefficient (Wildman–Crippen LogP) is 4.52. The van der Waals surface area contributed by atoms with Crippen molar-refractivity contribution in [3.8, 4) is 0 Å². The molecule has 0 radical (unpaired) electrons. The Labute approximate surface area is 136 Å². The molecule has 0 amide bonds. The normalized spacial score (nSPS) is 13.4. The van der Waals surface area contributed by atoms with Crippen LogP contribution in [0, 0.1) is 0 Å². The zero-order valence-corrected chi connectivity index (χ0v) is 13.6. The van der Waals surface area contributed by atoms with Crippen molar-refractivity contribution in [1.29, 1.82) is 0 Å². The van der Waals surface area contributed by atoms with Gasteiger partial charge in [0.2, 0.25) is 0 Å². The molecule has 22 heavy (non-hydrogen) atoms. The molecule has 2 aromatic rings. The number of hydrogen-bond donors (Lipinski definition) is 1. The number of hydrogen-bond acceptors (Lipinski definition) is 3. The summed E-state index contributed by atoms with van der Waals surface area (Å²) < 4.78 is 0. The Balaban J connectivity index is 0.000000188. The molecule has 3 rings (SSSR count). The van der Waals surface area contributed by atoms with Gasteiger partial charge < -0.3 is 0 Å². The highest BCUT2D eigenvalue weighted by Crippen LogP contribution is 2.27.